The number of hydrogen-bond acceptors (Lipinski definition) is 4. The van der Waals surface area contributed by atoms with E-state index in [1.54, 1.807) is 18.2 Å². The second kappa shape index (κ2) is 5.53. The van der Waals surface area contributed by atoms with Crippen LogP contribution in [0.1, 0.15) is 23.2 Å². The molecule has 120 valence electrons. The number of nitrogens with zero attached hydrogens (tertiary/aromatic N) is 4. The number of benzene rings is 1. The van der Waals surface area contributed by atoms with Crippen molar-refractivity contribution in [3.63, 3.8) is 0 Å². The van der Waals surface area contributed by atoms with Crippen LogP contribution < -0.4 is 5.32 Å². The highest BCUT2D eigenvalue weighted by Gasteiger charge is 2.33. The van der Waals surface area contributed by atoms with Gasteiger partial charge in [-0.3, -0.25) is 4.79 Å². The summed E-state index contributed by atoms with van der Waals surface area (Å²) in [7, 11) is 0. The molecule has 2 saturated heterocycles. The molecule has 1 atom stereocenters. The van der Waals surface area contributed by atoms with Crippen molar-refractivity contribution in [2.45, 2.75) is 18.9 Å². The van der Waals surface area contributed by atoms with E-state index >= 15 is 0 Å². The van der Waals surface area contributed by atoms with Crippen LogP contribution in [0.4, 0.5) is 4.79 Å². The number of H-pyrrole nitrogens is 1. The van der Waals surface area contributed by atoms with Gasteiger partial charge in [0.1, 0.15) is 11.0 Å². The molecule has 1 aromatic carbocycles. The number of carbonyl (C=O) groups is 2. The summed E-state index contributed by atoms with van der Waals surface area (Å²) in [6.07, 6.45) is 1.85. The third-order valence-electron chi connectivity index (χ3n) is 4.58. The normalized spacial score (nSPS) is 21.7. The summed E-state index contributed by atoms with van der Waals surface area (Å²) in [4.78, 5) is 28.3. The van der Waals surface area contributed by atoms with Gasteiger partial charge in [0.2, 0.25) is 0 Å². The van der Waals surface area contributed by atoms with Gasteiger partial charge in [0.05, 0.1) is 6.04 Å². The number of nitrogens with one attached hydrogen (secondary N) is 2. The number of piperidine rings is 1. The molecule has 3 heterocycles. The lowest BCUT2D eigenvalue weighted by Crippen LogP contribution is -2.50. The fraction of sp³-hybridized carbons (Fsp3) is 0.467. The summed E-state index contributed by atoms with van der Waals surface area (Å²) in [5.41, 5.74) is 2.04. The third kappa shape index (κ3) is 2.49. The molecule has 0 radical (unpaired) electrons. The molecule has 0 aliphatic carbocycles. The molecule has 4 rings (SSSR count). The number of fused-ring (bicyclic) bond motifs is 1. The highest BCUT2D eigenvalue weighted by Crippen LogP contribution is 2.20. The zero-order valence-corrected chi connectivity index (χ0v) is 12.7. The van der Waals surface area contributed by atoms with Crippen LogP contribution in [0.25, 0.3) is 11.0 Å². The average Bonchev–Trinajstić information content (AvgIpc) is 3.22. The van der Waals surface area contributed by atoms with Gasteiger partial charge < -0.3 is 15.1 Å². The van der Waals surface area contributed by atoms with Gasteiger partial charge in [0.25, 0.3) is 5.91 Å². The number of carbonyl (C=O) groups excluding carboxylic acids is 2. The van der Waals surface area contributed by atoms with Crippen molar-refractivity contribution >= 4 is 23.0 Å². The number of rotatable bonds is 2. The molecule has 2 N–H and O–H groups in total. The lowest BCUT2D eigenvalue weighted by Gasteiger charge is -2.37. The molecule has 0 spiro atoms. The van der Waals surface area contributed by atoms with E-state index in [2.05, 4.69) is 20.7 Å². The number of aromatic amines is 1. The van der Waals surface area contributed by atoms with E-state index in [9.17, 15) is 9.59 Å². The zero-order valence-electron chi connectivity index (χ0n) is 12.7. The Morgan fingerprint density at radius 2 is 2.09 bits per heavy atom. The molecular weight excluding hydrogens is 296 g/mol. The first-order chi connectivity index (χ1) is 11.2. The van der Waals surface area contributed by atoms with Gasteiger partial charge >= 0.3 is 6.03 Å². The van der Waals surface area contributed by atoms with Crippen LogP contribution in [0.5, 0.6) is 0 Å². The Morgan fingerprint density at radius 3 is 2.91 bits per heavy atom. The molecular formula is C15H18N6O2. The summed E-state index contributed by atoms with van der Waals surface area (Å²) in [6.45, 7) is 2.72. The van der Waals surface area contributed by atoms with Crippen LogP contribution in [0, 0.1) is 0 Å². The van der Waals surface area contributed by atoms with E-state index in [0.29, 0.717) is 24.2 Å². The van der Waals surface area contributed by atoms with Crippen molar-refractivity contribution in [2.75, 3.05) is 26.2 Å². The maximum absolute atomic E-state index is 12.8. The molecule has 2 aliphatic heterocycles. The van der Waals surface area contributed by atoms with Crippen molar-refractivity contribution in [1.29, 1.82) is 0 Å². The van der Waals surface area contributed by atoms with Crippen LogP contribution >= 0.6 is 0 Å². The summed E-state index contributed by atoms with van der Waals surface area (Å²) < 4.78 is 0. The Kier molecular flexibility index (Phi) is 3.36. The van der Waals surface area contributed by atoms with Crippen molar-refractivity contribution in [2.24, 2.45) is 0 Å². The van der Waals surface area contributed by atoms with Crippen molar-refractivity contribution in [3.05, 3.63) is 23.8 Å². The fourth-order valence-corrected chi connectivity index (χ4v) is 3.38. The highest BCUT2D eigenvalue weighted by atomic mass is 16.2. The molecule has 2 fully saturated rings. The average molecular weight is 314 g/mol. The Labute approximate surface area is 132 Å². The highest BCUT2D eigenvalue weighted by molar-refractivity contribution is 5.97. The van der Waals surface area contributed by atoms with E-state index < -0.39 is 0 Å². The first kappa shape index (κ1) is 14.0. The van der Waals surface area contributed by atoms with Gasteiger partial charge in [-0.2, -0.15) is 15.4 Å². The van der Waals surface area contributed by atoms with E-state index in [-0.39, 0.29) is 18.0 Å². The Hall–Kier alpha value is -2.64. The summed E-state index contributed by atoms with van der Waals surface area (Å²) >= 11 is 0. The minimum atomic E-state index is -0.0201. The molecule has 0 bridgehead atoms. The van der Waals surface area contributed by atoms with Crippen LogP contribution in [-0.4, -0.2) is 69.4 Å². The first-order valence-corrected chi connectivity index (χ1v) is 7.86. The largest absolute Gasteiger partial charge is 0.337 e. The number of hydrogen-bond donors (Lipinski definition) is 2. The van der Waals surface area contributed by atoms with Gasteiger partial charge in [0.15, 0.2) is 0 Å². The topological polar surface area (TPSA) is 94.2 Å². The molecule has 2 aliphatic rings. The number of aromatic nitrogens is 3. The predicted molar refractivity (Wildman–Crippen MR) is 82.9 cm³/mol. The van der Waals surface area contributed by atoms with Gasteiger partial charge in [-0.1, -0.05) is 0 Å². The second-order valence-electron chi connectivity index (χ2n) is 6.00. The summed E-state index contributed by atoms with van der Waals surface area (Å²) in [5.74, 6) is -0.0146. The van der Waals surface area contributed by atoms with Crippen molar-refractivity contribution < 1.29 is 9.59 Å². The summed E-state index contributed by atoms with van der Waals surface area (Å²) in [6, 6.07) is 5.41. The number of likely N-dealkylation sites (tertiary alicyclic amines) is 1. The maximum Gasteiger partial charge on any atom is 0.317 e. The molecule has 23 heavy (non-hydrogen) atoms. The zero-order chi connectivity index (χ0) is 15.8. The lowest BCUT2D eigenvalue weighted by atomic mass is 10.0. The van der Waals surface area contributed by atoms with Gasteiger partial charge in [-0.15, -0.1) is 0 Å². The van der Waals surface area contributed by atoms with Crippen molar-refractivity contribution in [3.8, 4) is 0 Å². The first-order valence-electron chi connectivity index (χ1n) is 7.86. The number of urea groups is 1. The minimum absolute atomic E-state index is 0.0146. The Morgan fingerprint density at radius 1 is 1.22 bits per heavy atom. The molecule has 8 heteroatoms. The Bertz CT molecular complexity index is 757. The van der Waals surface area contributed by atoms with Crippen LogP contribution in [0.15, 0.2) is 18.2 Å². The standard InChI is InChI=1S/C15H18N6O2/c22-14(10-3-4-12-13(8-10)18-19-17-12)20-6-1-2-11(9-20)21-7-5-16-15(21)23/h3-4,8,11H,1-2,5-7,9H2,(H,16,23)(H,17,18,19). The number of amides is 3. The monoisotopic (exact) mass is 314 g/mol. The van der Waals surface area contributed by atoms with E-state index in [1.807, 2.05) is 9.80 Å². The van der Waals surface area contributed by atoms with Gasteiger partial charge in [-0.25, -0.2) is 4.79 Å². The minimum Gasteiger partial charge on any atom is -0.337 e. The van der Waals surface area contributed by atoms with Crippen LogP contribution in [-0.2, 0) is 0 Å². The molecule has 1 unspecified atom stereocenters. The smallest absolute Gasteiger partial charge is 0.317 e. The molecule has 3 amide bonds. The van der Waals surface area contributed by atoms with E-state index in [4.69, 9.17) is 0 Å². The van der Waals surface area contributed by atoms with E-state index in [1.165, 1.54) is 0 Å². The van der Waals surface area contributed by atoms with Gasteiger partial charge in [0, 0.05) is 31.7 Å². The van der Waals surface area contributed by atoms with Gasteiger partial charge in [-0.05, 0) is 31.0 Å². The molecule has 8 nitrogen and oxygen atoms in total. The quantitative estimate of drug-likeness (QED) is 0.848. The lowest BCUT2D eigenvalue weighted by molar-refractivity contribution is 0.0634. The van der Waals surface area contributed by atoms with Crippen LogP contribution in [0.2, 0.25) is 0 Å². The Balaban J connectivity index is 1.52. The molecule has 0 saturated carbocycles. The fourth-order valence-electron chi connectivity index (χ4n) is 3.38. The third-order valence-corrected chi connectivity index (χ3v) is 4.58. The predicted octanol–water partition coefficient (Wildman–Crippen LogP) is 0.588. The van der Waals surface area contributed by atoms with Crippen molar-refractivity contribution in [1.82, 2.24) is 30.5 Å². The van der Waals surface area contributed by atoms with E-state index in [0.717, 1.165) is 31.4 Å². The maximum atomic E-state index is 12.8. The van der Waals surface area contributed by atoms with Crippen LogP contribution in [0.3, 0.4) is 0 Å². The SMILES string of the molecule is O=C(c1ccc2n[nH]nc2c1)N1CCCC(N2CCNC2=O)C1. The molecule has 1 aromatic heterocycles. The second-order valence-corrected chi connectivity index (χ2v) is 6.00. The molecule has 2 aromatic rings. The summed E-state index contributed by atoms with van der Waals surface area (Å²) in [5, 5.41) is 13.4.